The smallest absolute Gasteiger partial charge is 0.251 e. The predicted octanol–water partition coefficient (Wildman–Crippen LogP) is 3.63. The predicted molar refractivity (Wildman–Crippen MR) is 116 cm³/mol. The molecule has 0 fully saturated rings. The Labute approximate surface area is 180 Å². The highest BCUT2D eigenvalue weighted by atomic mass is 35.5. The molecule has 0 atom stereocenters. The quantitative estimate of drug-likeness (QED) is 0.493. The van der Waals surface area contributed by atoms with Gasteiger partial charge in [-0.2, -0.15) is 0 Å². The number of carbonyl (C=O) groups is 1. The average molecular weight is 445 g/mol. The van der Waals surface area contributed by atoms with Crippen LogP contribution < -0.4 is 14.8 Å². The molecular formula is C22H21ClN2O4S. The van der Waals surface area contributed by atoms with Gasteiger partial charge in [0.1, 0.15) is 12.4 Å². The molecule has 3 aromatic rings. The molecule has 8 heteroatoms. The highest BCUT2D eigenvalue weighted by Gasteiger charge is 2.16. The largest absolute Gasteiger partial charge is 0.492 e. The first-order valence-corrected chi connectivity index (χ1v) is 11.1. The van der Waals surface area contributed by atoms with E-state index in [1.165, 1.54) is 18.2 Å². The lowest BCUT2D eigenvalue weighted by Gasteiger charge is -2.10. The molecule has 0 aliphatic carbocycles. The highest BCUT2D eigenvalue weighted by molar-refractivity contribution is 7.89. The van der Waals surface area contributed by atoms with Gasteiger partial charge in [-0.25, -0.2) is 13.1 Å². The average Bonchev–Trinajstić information content (AvgIpc) is 2.76. The molecule has 0 aliphatic heterocycles. The number of ether oxygens (including phenoxy) is 1. The van der Waals surface area contributed by atoms with Crippen molar-refractivity contribution in [2.24, 2.45) is 0 Å². The molecule has 2 N–H and O–H groups in total. The standard InChI is InChI=1S/C22H21ClN2O4S/c23-19-9-5-10-20(15-19)29-13-12-24-22(26)18-8-4-11-21(14-18)30(27,28)25-16-17-6-2-1-3-7-17/h1-11,14-15,25H,12-13,16H2,(H,24,26). The molecule has 0 bridgehead atoms. The van der Waals surface area contributed by atoms with Crippen LogP contribution in [0.15, 0.2) is 83.8 Å². The summed E-state index contributed by atoms with van der Waals surface area (Å²) in [5, 5.41) is 3.27. The Kier molecular flexibility index (Phi) is 7.46. The van der Waals surface area contributed by atoms with Crippen molar-refractivity contribution in [1.82, 2.24) is 10.0 Å². The Morgan fingerprint density at radius 2 is 1.70 bits per heavy atom. The van der Waals surface area contributed by atoms with Crippen LogP contribution in [0.4, 0.5) is 0 Å². The third-order valence-electron chi connectivity index (χ3n) is 4.17. The molecular weight excluding hydrogens is 424 g/mol. The van der Waals surface area contributed by atoms with E-state index in [1.807, 2.05) is 30.3 Å². The zero-order valence-corrected chi connectivity index (χ0v) is 17.6. The molecule has 0 heterocycles. The van der Waals surface area contributed by atoms with Gasteiger partial charge in [0, 0.05) is 17.1 Å². The van der Waals surface area contributed by atoms with Crippen LogP contribution in [-0.2, 0) is 16.6 Å². The van der Waals surface area contributed by atoms with E-state index >= 15 is 0 Å². The lowest BCUT2D eigenvalue weighted by atomic mass is 10.2. The van der Waals surface area contributed by atoms with Crippen molar-refractivity contribution in [2.75, 3.05) is 13.2 Å². The van der Waals surface area contributed by atoms with Gasteiger partial charge < -0.3 is 10.1 Å². The van der Waals surface area contributed by atoms with Crippen molar-refractivity contribution in [3.63, 3.8) is 0 Å². The second kappa shape index (κ2) is 10.2. The number of rotatable bonds is 9. The van der Waals surface area contributed by atoms with Crippen LogP contribution >= 0.6 is 11.6 Å². The number of halogens is 1. The van der Waals surface area contributed by atoms with Crippen molar-refractivity contribution in [3.8, 4) is 5.75 Å². The van der Waals surface area contributed by atoms with Gasteiger partial charge in [-0.3, -0.25) is 4.79 Å². The maximum absolute atomic E-state index is 12.6. The second-order valence-corrected chi connectivity index (χ2v) is 8.60. The number of hydrogen-bond donors (Lipinski definition) is 2. The van der Waals surface area contributed by atoms with Gasteiger partial charge in [-0.15, -0.1) is 0 Å². The number of carbonyl (C=O) groups excluding carboxylic acids is 1. The number of benzene rings is 3. The third kappa shape index (κ3) is 6.32. The molecule has 156 valence electrons. The maximum atomic E-state index is 12.6. The molecule has 0 aromatic heterocycles. The monoisotopic (exact) mass is 444 g/mol. The molecule has 6 nitrogen and oxygen atoms in total. The van der Waals surface area contributed by atoms with Gasteiger partial charge >= 0.3 is 0 Å². The van der Waals surface area contributed by atoms with Crippen LogP contribution in [0.25, 0.3) is 0 Å². The van der Waals surface area contributed by atoms with Gasteiger partial charge in [-0.1, -0.05) is 54.1 Å². The zero-order chi connectivity index (χ0) is 21.4. The fourth-order valence-electron chi connectivity index (χ4n) is 2.65. The Bertz CT molecular complexity index is 1100. The molecule has 3 rings (SSSR count). The van der Waals surface area contributed by atoms with Crippen LogP contribution in [0, 0.1) is 0 Å². The summed E-state index contributed by atoms with van der Waals surface area (Å²) in [5.74, 6) is 0.221. The number of amides is 1. The van der Waals surface area contributed by atoms with Crippen molar-refractivity contribution in [1.29, 1.82) is 0 Å². The minimum atomic E-state index is -3.75. The molecule has 30 heavy (non-hydrogen) atoms. The van der Waals surface area contributed by atoms with Crippen LogP contribution in [0.3, 0.4) is 0 Å². The summed E-state index contributed by atoms with van der Waals surface area (Å²) in [4.78, 5) is 12.4. The Morgan fingerprint density at radius 3 is 2.47 bits per heavy atom. The summed E-state index contributed by atoms with van der Waals surface area (Å²) in [6.45, 7) is 0.678. The Hall–Kier alpha value is -2.87. The normalized spacial score (nSPS) is 11.1. The molecule has 0 aliphatic rings. The van der Waals surface area contributed by atoms with Crippen LogP contribution in [0.5, 0.6) is 5.75 Å². The first-order chi connectivity index (χ1) is 14.4. The van der Waals surface area contributed by atoms with Crippen molar-refractivity contribution >= 4 is 27.5 Å². The molecule has 0 saturated carbocycles. The van der Waals surface area contributed by atoms with Gasteiger partial charge in [-0.05, 0) is 42.0 Å². The van der Waals surface area contributed by atoms with Crippen LogP contribution in [0.1, 0.15) is 15.9 Å². The van der Waals surface area contributed by atoms with E-state index in [2.05, 4.69) is 10.0 Å². The van der Waals surface area contributed by atoms with E-state index in [4.69, 9.17) is 16.3 Å². The molecule has 0 unspecified atom stereocenters. The highest BCUT2D eigenvalue weighted by Crippen LogP contribution is 2.17. The first kappa shape index (κ1) is 21.8. The van der Waals surface area contributed by atoms with Crippen LogP contribution in [0.2, 0.25) is 5.02 Å². The summed E-state index contributed by atoms with van der Waals surface area (Å²) in [5.41, 5.74) is 1.09. The first-order valence-electron chi connectivity index (χ1n) is 9.24. The fraction of sp³-hybridized carbons (Fsp3) is 0.136. The lowest BCUT2D eigenvalue weighted by molar-refractivity contribution is 0.0947. The van der Waals surface area contributed by atoms with Crippen LogP contribution in [-0.4, -0.2) is 27.5 Å². The molecule has 0 saturated heterocycles. The summed E-state index contributed by atoms with van der Waals surface area (Å²) in [6, 6.07) is 22.1. The summed E-state index contributed by atoms with van der Waals surface area (Å²) < 4.78 is 33.2. The van der Waals surface area contributed by atoms with Gasteiger partial charge in [0.05, 0.1) is 11.4 Å². The SMILES string of the molecule is O=C(NCCOc1cccc(Cl)c1)c1cccc(S(=O)(=O)NCc2ccccc2)c1. The van der Waals surface area contributed by atoms with E-state index in [1.54, 1.807) is 30.3 Å². The van der Waals surface area contributed by atoms with Crippen molar-refractivity contribution in [2.45, 2.75) is 11.4 Å². The van der Waals surface area contributed by atoms with Gasteiger partial charge in [0.15, 0.2) is 0 Å². The van der Waals surface area contributed by atoms with E-state index in [9.17, 15) is 13.2 Å². The zero-order valence-electron chi connectivity index (χ0n) is 16.0. The van der Waals surface area contributed by atoms with E-state index in [0.717, 1.165) is 5.56 Å². The number of hydrogen-bond acceptors (Lipinski definition) is 4. The second-order valence-electron chi connectivity index (χ2n) is 6.40. The van der Waals surface area contributed by atoms with E-state index in [0.29, 0.717) is 10.8 Å². The topological polar surface area (TPSA) is 84.5 Å². The lowest BCUT2D eigenvalue weighted by Crippen LogP contribution is -2.28. The minimum Gasteiger partial charge on any atom is -0.492 e. The van der Waals surface area contributed by atoms with Gasteiger partial charge in [0.25, 0.3) is 5.91 Å². The number of nitrogens with one attached hydrogen (secondary N) is 2. The maximum Gasteiger partial charge on any atom is 0.251 e. The van der Waals surface area contributed by atoms with Gasteiger partial charge in [0.2, 0.25) is 10.0 Å². The van der Waals surface area contributed by atoms with Crippen molar-refractivity contribution < 1.29 is 17.9 Å². The fourth-order valence-corrected chi connectivity index (χ4v) is 3.90. The van der Waals surface area contributed by atoms with E-state index < -0.39 is 10.0 Å². The van der Waals surface area contributed by atoms with Crippen molar-refractivity contribution in [3.05, 3.63) is 95.0 Å². The summed E-state index contributed by atoms with van der Waals surface area (Å²) in [7, 11) is -3.75. The summed E-state index contributed by atoms with van der Waals surface area (Å²) >= 11 is 5.89. The van der Waals surface area contributed by atoms with E-state index in [-0.39, 0.29) is 36.1 Å². The Balaban J connectivity index is 1.55. The summed E-state index contributed by atoms with van der Waals surface area (Å²) in [6.07, 6.45) is 0. The minimum absolute atomic E-state index is 0.0289. The molecule has 0 radical (unpaired) electrons. The molecule has 0 spiro atoms. The molecule has 3 aromatic carbocycles. The Morgan fingerprint density at radius 1 is 0.933 bits per heavy atom. The molecule has 1 amide bonds. The third-order valence-corrected chi connectivity index (χ3v) is 5.80. The number of sulfonamides is 1.